The number of halogens is 3. The minimum absolute atomic E-state index is 0.0544. The molecule has 0 spiro atoms. The van der Waals surface area contributed by atoms with Crippen LogP contribution in [0.1, 0.15) is 17.9 Å². The van der Waals surface area contributed by atoms with Crippen molar-refractivity contribution in [2.75, 3.05) is 6.61 Å². The molecule has 0 fully saturated rings. The number of rotatable bonds is 4. The van der Waals surface area contributed by atoms with Crippen molar-refractivity contribution in [3.8, 4) is 0 Å². The van der Waals surface area contributed by atoms with Gasteiger partial charge in [-0.2, -0.15) is 0 Å². The van der Waals surface area contributed by atoms with E-state index >= 15 is 0 Å². The molecule has 78 valence electrons. The summed E-state index contributed by atoms with van der Waals surface area (Å²) in [6.45, 7) is -0.328. The molecule has 0 heterocycles. The van der Waals surface area contributed by atoms with Crippen LogP contribution < -0.4 is 0 Å². The Balaban J connectivity index is 2.87. The van der Waals surface area contributed by atoms with Gasteiger partial charge in [0.25, 0.3) is 0 Å². The Kier molecular flexibility index (Phi) is 3.95. The lowest BCUT2D eigenvalue weighted by Gasteiger charge is -2.14. The summed E-state index contributed by atoms with van der Waals surface area (Å²) in [6.07, 6.45) is -2.63. The van der Waals surface area contributed by atoms with Gasteiger partial charge in [0.05, 0.1) is 0 Å². The van der Waals surface area contributed by atoms with E-state index in [1.807, 2.05) is 0 Å². The summed E-state index contributed by atoms with van der Waals surface area (Å²) in [5.74, 6) is -1.62. The molecule has 4 heteroatoms. The van der Waals surface area contributed by atoms with E-state index in [2.05, 4.69) is 0 Å². The van der Waals surface area contributed by atoms with Gasteiger partial charge in [0.2, 0.25) is 6.43 Å². The van der Waals surface area contributed by atoms with Crippen molar-refractivity contribution in [2.24, 2.45) is 0 Å². The van der Waals surface area contributed by atoms with Crippen molar-refractivity contribution in [3.05, 3.63) is 35.6 Å². The van der Waals surface area contributed by atoms with Crippen LogP contribution in [0.4, 0.5) is 13.2 Å². The fraction of sp³-hybridized carbons (Fsp3) is 0.400. The molecular formula is C10H11F3O. The van der Waals surface area contributed by atoms with Gasteiger partial charge in [0.1, 0.15) is 5.82 Å². The van der Waals surface area contributed by atoms with E-state index in [0.29, 0.717) is 0 Å². The van der Waals surface area contributed by atoms with Gasteiger partial charge >= 0.3 is 0 Å². The molecule has 1 aromatic rings. The Morgan fingerprint density at radius 2 is 2.00 bits per heavy atom. The second-order valence-electron chi connectivity index (χ2n) is 3.01. The maximum Gasteiger partial charge on any atom is 0.245 e. The Morgan fingerprint density at radius 3 is 2.50 bits per heavy atom. The zero-order valence-corrected chi connectivity index (χ0v) is 7.46. The van der Waals surface area contributed by atoms with Crippen molar-refractivity contribution in [1.29, 1.82) is 0 Å². The van der Waals surface area contributed by atoms with Crippen LogP contribution in [0.5, 0.6) is 0 Å². The third-order valence-electron chi connectivity index (χ3n) is 2.02. The Bertz CT molecular complexity index is 288. The van der Waals surface area contributed by atoms with E-state index in [0.717, 1.165) is 6.07 Å². The van der Waals surface area contributed by atoms with Crippen molar-refractivity contribution in [3.63, 3.8) is 0 Å². The normalized spacial score (nSPS) is 13.2. The summed E-state index contributed by atoms with van der Waals surface area (Å²) in [7, 11) is 0. The molecule has 1 atom stereocenters. The largest absolute Gasteiger partial charge is 0.396 e. The molecular weight excluding hydrogens is 193 g/mol. The van der Waals surface area contributed by atoms with Gasteiger partial charge in [-0.15, -0.1) is 0 Å². The van der Waals surface area contributed by atoms with Crippen molar-refractivity contribution in [1.82, 2.24) is 0 Å². The maximum atomic E-state index is 12.7. The molecule has 14 heavy (non-hydrogen) atoms. The van der Waals surface area contributed by atoms with Crippen LogP contribution in [0.2, 0.25) is 0 Å². The van der Waals surface area contributed by atoms with E-state index in [-0.39, 0.29) is 18.6 Å². The Hall–Kier alpha value is -1.03. The quantitative estimate of drug-likeness (QED) is 0.799. The average molecular weight is 204 g/mol. The van der Waals surface area contributed by atoms with Crippen LogP contribution in [0.3, 0.4) is 0 Å². The fourth-order valence-electron chi connectivity index (χ4n) is 1.31. The highest BCUT2D eigenvalue weighted by Crippen LogP contribution is 2.26. The zero-order valence-electron chi connectivity index (χ0n) is 7.46. The molecule has 0 saturated heterocycles. The Morgan fingerprint density at radius 1 is 1.29 bits per heavy atom. The van der Waals surface area contributed by atoms with Gasteiger partial charge in [0.15, 0.2) is 0 Å². The zero-order chi connectivity index (χ0) is 10.6. The summed E-state index contributed by atoms with van der Waals surface area (Å²) in [5.41, 5.74) is 0.231. The second-order valence-corrected chi connectivity index (χ2v) is 3.01. The molecule has 1 nitrogen and oxygen atoms in total. The Labute approximate surface area is 80.2 Å². The first-order valence-electron chi connectivity index (χ1n) is 4.29. The second kappa shape index (κ2) is 5.00. The average Bonchev–Trinajstić information content (AvgIpc) is 2.13. The minimum atomic E-state index is -2.58. The van der Waals surface area contributed by atoms with Gasteiger partial charge in [0, 0.05) is 12.5 Å². The molecule has 0 aliphatic heterocycles. The van der Waals surface area contributed by atoms with Crippen LogP contribution in [0.15, 0.2) is 24.3 Å². The van der Waals surface area contributed by atoms with E-state index < -0.39 is 18.2 Å². The SMILES string of the molecule is OCCC(c1cccc(F)c1)C(F)F. The van der Waals surface area contributed by atoms with Crippen LogP contribution in [0, 0.1) is 5.82 Å². The molecule has 0 bridgehead atoms. The van der Waals surface area contributed by atoms with E-state index in [1.165, 1.54) is 18.2 Å². The van der Waals surface area contributed by atoms with Crippen LogP contribution in [0.25, 0.3) is 0 Å². The smallest absolute Gasteiger partial charge is 0.245 e. The number of aliphatic hydroxyl groups excluding tert-OH is 1. The summed E-state index contributed by atoms with van der Waals surface area (Å²) in [5, 5.41) is 8.59. The van der Waals surface area contributed by atoms with Crippen molar-refractivity contribution < 1.29 is 18.3 Å². The number of aliphatic hydroxyl groups is 1. The van der Waals surface area contributed by atoms with Gasteiger partial charge < -0.3 is 5.11 Å². The molecule has 0 saturated carbocycles. The first-order valence-corrected chi connectivity index (χ1v) is 4.29. The highest BCUT2D eigenvalue weighted by molar-refractivity contribution is 5.21. The van der Waals surface area contributed by atoms with Crippen molar-refractivity contribution in [2.45, 2.75) is 18.8 Å². The summed E-state index contributed by atoms with van der Waals surface area (Å²) < 4.78 is 37.7. The van der Waals surface area contributed by atoms with Gasteiger partial charge in [-0.05, 0) is 24.1 Å². The van der Waals surface area contributed by atoms with E-state index in [1.54, 1.807) is 0 Å². The van der Waals surface area contributed by atoms with Gasteiger partial charge in [-0.3, -0.25) is 0 Å². The van der Waals surface area contributed by atoms with Gasteiger partial charge in [-0.25, -0.2) is 13.2 Å². The molecule has 0 aromatic heterocycles. The van der Waals surface area contributed by atoms with Crippen molar-refractivity contribution >= 4 is 0 Å². The van der Waals surface area contributed by atoms with E-state index in [4.69, 9.17) is 5.11 Å². The van der Waals surface area contributed by atoms with E-state index in [9.17, 15) is 13.2 Å². The molecule has 0 amide bonds. The third-order valence-corrected chi connectivity index (χ3v) is 2.02. The molecule has 1 N–H and O–H groups in total. The topological polar surface area (TPSA) is 20.2 Å². The lowest BCUT2D eigenvalue weighted by Crippen LogP contribution is -2.11. The number of alkyl halides is 2. The maximum absolute atomic E-state index is 12.7. The van der Waals surface area contributed by atoms with Gasteiger partial charge in [-0.1, -0.05) is 12.1 Å². The third kappa shape index (κ3) is 2.73. The van der Waals surface area contributed by atoms with Crippen LogP contribution in [-0.2, 0) is 0 Å². The summed E-state index contributed by atoms with van der Waals surface area (Å²) in [6, 6.07) is 5.10. The predicted octanol–water partition coefficient (Wildman–Crippen LogP) is 2.56. The standard InChI is InChI=1S/C10H11F3O/c11-8-3-1-2-7(6-8)9(4-5-14)10(12)13/h1-3,6,9-10,14H,4-5H2. The lowest BCUT2D eigenvalue weighted by molar-refractivity contribution is 0.0987. The highest BCUT2D eigenvalue weighted by Gasteiger charge is 2.21. The fourth-order valence-corrected chi connectivity index (χ4v) is 1.31. The summed E-state index contributed by atoms with van der Waals surface area (Å²) >= 11 is 0. The summed E-state index contributed by atoms with van der Waals surface area (Å²) in [4.78, 5) is 0. The lowest BCUT2D eigenvalue weighted by atomic mass is 9.96. The highest BCUT2D eigenvalue weighted by atomic mass is 19.3. The minimum Gasteiger partial charge on any atom is -0.396 e. The monoisotopic (exact) mass is 204 g/mol. The number of benzene rings is 1. The number of hydrogen-bond acceptors (Lipinski definition) is 1. The van der Waals surface area contributed by atoms with Crippen LogP contribution in [-0.4, -0.2) is 18.1 Å². The molecule has 0 aliphatic rings. The molecule has 1 unspecified atom stereocenters. The molecule has 1 aromatic carbocycles. The molecule has 0 aliphatic carbocycles. The predicted molar refractivity (Wildman–Crippen MR) is 46.8 cm³/mol. The molecule has 1 rings (SSSR count). The first-order chi connectivity index (χ1) is 6.65. The van der Waals surface area contributed by atoms with Crippen LogP contribution >= 0.6 is 0 Å². The first kappa shape index (κ1) is 11.0. The molecule has 0 radical (unpaired) electrons. The number of hydrogen-bond donors (Lipinski definition) is 1.